The molecular formula is C28H25NO7. The summed E-state index contributed by atoms with van der Waals surface area (Å²) in [5.41, 5.74) is 1.79. The zero-order valence-electron chi connectivity index (χ0n) is 19.9. The lowest BCUT2D eigenvalue weighted by Gasteiger charge is -2.26. The predicted molar refractivity (Wildman–Crippen MR) is 131 cm³/mol. The maximum Gasteiger partial charge on any atom is 0.295 e. The molecule has 0 spiro atoms. The third-order valence-corrected chi connectivity index (χ3v) is 6.27. The number of rotatable bonds is 6. The summed E-state index contributed by atoms with van der Waals surface area (Å²) in [6, 6.07) is 18.6. The van der Waals surface area contributed by atoms with Crippen molar-refractivity contribution >= 4 is 17.4 Å². The number of aliphatic hydroxyl groups excluding tert-OH is 1. The molecule has 2 aliphatic heterocycles. The molecule has 0 unspecified atom stereocenters. The highest BCUT2D eigenvalue weighted by atomic mass is 16.6. The van der Waals surface area contributed by atoms with E-state index >= 15 is 0 Å². The van der Waals surface area contributed by atoms with Crippen molar-refractivity contribution in [2.45, 2.75) is 12.6 Å². The average molecular weight is 488 g/mol. The number of fused-ring (bicyclic) bond motifs is 1. The second-order valence-electron chi connectivity index (χ2n) is 8.39. The van der Waals surface area contributed by atoms with Gasteiger partial charge in [0.15, 0.2) is 23.0 Å². The van der Waals surface area contributed by atoms with E-state index in [2.05, 4.69) is 0 Å². The van der Waals surface area contributed by atoms with Gasteiger partial charge in [-0.15, -0.1) is 0 Å². The molecule has 2 aliphatic rings. The highest BCUT2D eigenvalue weighted by molar-refractivity contribution is 6.46. The Balaban J connectivity index is 1.65. The molecule has 0 bridgehead atoms. The lowest BCUT2D eigenvalue weighted by molar-refractivity contribution is -0.140. The molecule has 0 aliphatic carbocycles. The molecule has 1 saturated heterocycles. The van der Waals surface area contributed by atoms with E-state index in [0.29, 0.717) is 47.3 Å². The van der Waals surface area contributed by atoms with Gasteiger partial charge >= 0.3 is 0 Å². The fourth-order valence-electron chi connectivity index (χ4n) is 4.54. The summed E-state index contributed by atoms with van der Waals surface area (Å²) < 4.78 is 22.0. The number of aliphatic hydroxyl groups is 1. The van der Waals surface area contributed by atoms with E-state index in [1.54, 1.807) is 36.4 Å². The number of hydrogen-bond acceptors (Lipinski definition) is 7. The Hall–Kier alpha value is -4.46. The Kier molecular flexibility index (Phi) is 6.25. The standard InChI is InChI=1S/C28H25NO7/c1-33-20-10-8-18(14-22(20)34-2)25-24(26(30)19-9-11-21-23(15-19)36-13-12-35-21)27(31)28(32)29(25)16-17-6-4-3-5-7-17/h3-11,14-15,25,30H,12-13,16H2,1-2H3/t25-/m1/s1. The second kappa shape index (κ2) is 9.65. The summed E-state index contributed by atoms with van der Waals surface area (Å²) in [5, 5.41) is 11.4. The van der Waals surface area contributed by atoms with Gasteiger partial charge in [-0.25, -0.2) is 0 Å². The van der Waals surface area contributed by atoms with E-state index in [-0.39, 0.29) is 17.9 Å². The van der Waals surface area contributed by atoms with Gasteiger partial charge in [0.05, 0.1) is 25.8 Å². The van der Waals surface area contributed by atoms with Crippen LogP contribution < -0.4 is 18.9 Å². The van der Waals surface area contributed by atoms with E-state index in [9.17, 15) is 14.7 Å². The lowest BCUT2D eigenvalue weighted by Crippen LogP contribution is -2.29. The maximum atomic E-state index is 13.3. The molecule has 1 N–H and O–H groups in total. The van der Waals surface area contributed by atoms with Gasteiger partial charge in [-0.2, -0.15) is 0 Å². The summed E-state index contributed by atoms with van der Waals surface area (Å²) in [6.07, 6.45) is 0. The number of ketones is 1. The molecule has 3 aromatic carbocycles. The summed E-state index contributed by atoms with van der Waals surface area (Å²) >= 11 is 0. The molecule has 8 nitrogen and oxygen atoms in total. The highest BCUT2D eigenvalue weighted by Gasteiger charge is 2.46. The minimum Gasteiger partial charge on any atom is -0.507 e. The summed E-state index contributed by atoms with van der Waals surface area (Å²) in [7, 11) is 3.04. The van der Waals surface area contributed by atoms with Crippen LogP contribution in [-0.4, -0.2) is 49.1 Å². The lowest BCUT2D eigenvalue weighted by atomic mass is 9.94. The molecule has 0 aromatic heterocycles. The number of methoxy groups -OCH3 is 2. The third-order valence-electron chi connectivity index (χ3n) is 6.27. The maximum absolute atomic E-state index is 13.3. The summed E-state index contributed by atoms with van der Waals surface area (Å²) in [6.45, 7) is 0.995. The van der Waals surface area contributed by atoms with Crippen molar-refractivity contribution in [2.24, 2.45) is 0 Å². The molecular weight excluding hydrogens is 462 g/mol. The molecule has 3 aromatic rings. The zero-order chi connectivity index (χ0) is 25.2. The molecule has 1 fully saturated rings. The Labute approximate surface area is 208 Å². The smallest absolute Gasteiger partial charge is 0.295 e. The minimum atomic E-state index is -0.849. The van der Waals surface area contributed by atoms with Crippen LogP contribution in [0.15, 0.2) is 72.3 Å². The van der Waals surface area contributed by atoms with Crippen LogP contribution in [-0.2, 0) is 16.1 Å². The van der Waals surface area contributed by atoms with Gasteiger partial charge in [0, 0.05) is 12.1 Å². The Morgan fingerprint density at radius 3 is 2.36 bits per heavy atom. The molecule has 0 radical (unpaired) electrons. The topological polar surface area (TPSA) is 94.5 Å². The average Bonchev–Trinajstić information content (AvgIpc) is 3.17. The summed E-state index contributed by atoms with van der Waals surface area (Å²) in [5.74, 6) is 0.217. The number of carbonyl (C=O) groups is 2. The molecule has 184 valence electrons. The monoisotopic (exact) mass is 487 g/mol. The number of hydrogen-bond donors (Lipinski definition) is 1. The van der Waals surface area contributed by atoms with Gasteiger partial charge in [-0.1, -0.05) is 36.4 Å². The number of carbonyl (C=O) groups excluding carboxylic acids is 2. The van der Waals surface area contributed by atoms with Crippen molar-refractivity contribution in [3.8, 4) is 23.0 Å². The van der Waals surface area contributed by atoms with Gasteiger partial charge in [-0.05, 0) is 41.5 Å². The largest absolute Gasteiger partial charge is 0.507 e. The quantitative estimate of drug-likeness (QED) is 0.318. The van der Waals surface area contributed by atoms with Crippen LogP contribution in [0.3, 0.4) is 0 Å². The first kappa shape index (κ1) is 23.3. The third kappa shape index (κ3) is 4.11. The van der Waals surface area contributed by atoms with Crippen molar-refractivity contribution in [3.05, 3.63) is 89.0 Å². The fraction of sp³-hybridized carbons (Fsp3) is 0.214. The Morgan fingerprint density at radius 1 is 0.917 bits per heavy atom. The molecule has 1 amide bonds. The van der Waals surface area contributed by atoms with Gasteiger partial charge in [0.25, 0.3) is 11.7 Å². The first-order chi connectivity index (χ1) is 17.5. The number of amides is 1. The van der Waals surface area contributed by atoms with Crippen LogP contribution >= 0.6 is 0 Å². The van der Waals surface area contributed by atoms with Crippen LogP contribution in [0, 0.1) is 0 Å². The number of nitrogens with zero attached hydrogens (tertiary/aromatic N) is 1. The Morgan fingerprint density at radius 2 is 1.64 bits per heavy atom. The van der Waals surface area contributed by atoms with Crippen LogP contribution in [0.2, 0.25) is 0 Å². The fourth-order valence-corrected chi connectivity index (χ4v) is 4.54. The SMILES string of the molecule is COc1ccc([C@@H]2C(=C(O)c3ccc4c(c3)OCCO4)C(=O)C(=O)N2Cc2ccccc2)cc1OC. The zero-order valence-corrected chi connectivity index (χ0v) is 19.9. The number of ether oxygens (including phenoxy) is 4. The molecule has 8 heteroatoms. The molecule has 2 heterocycles. The van der Waals surface area contributed by atoms with Crippen molar-refractivity contribution in [2.75, 3.05) is 27.4 Å². The Bertz CT molecular complexity index is 1350. The van der Waals surface area contributed by atoms with Gasteiger partial charge in [0.1, 0.15) is 19.0 Å². The van der Waals surface area contributed by atoms with Crippen LogP contribution in [0.25, 0.3) is 5.76 Å². The van der Waals surface area contributed by atoms with Crippen LogP contribution in [0.1, 0.15) is 22.7 Å². The second-order valence-corrected chi connectivity index (χ2v) is 8.39. The summed E-state index contributed by atoms with van der Waals surface area (Å²) in [4.78, 5) is 28.1. The minimum absolute atomic E-state index is 0.0140. The van der Waals surface area contributed by atoms with E-state index in [4.69, 9.17) is 18.9 Å². The van der Waals surface area contributed by atoms with Crippen LogP contribution in [0.4, 0.5) is 0 Å². The number of likely N-dealkylation sites (tertiary alicyclic amines) is 1. The first-order valence-corrected chi connectivity index (χ1v) is 11.5. The van der Waals surface area contributed by atoms with Crippen molar-refractivity contribution in [1.82, 2.24) is 4.90 Å². The van der Waals surface area contributed by atoms with E-state index in [0.717, 1.165) is 5.56 Å². The van der Waals surface area contributed by atoms with Crippen molar-refractivity contribution in [3.63, 3.8) is 0 Å². The van der Waals surface area contributed by atoms with Gasteiger partial charge in [0.2, 0.25) is 0 Å². The van der Waals surface area contributed by atoms with Crippen LogP contribution in [0.5, 0.6) is 23.0 Å². The van der Waals surface area contributed by atoms with E-state index < -0.39 is 17.7 Å². The van der Waals surface area contributed by atoms with Gasteiger partial charge < -0.3 is 29.0 Å². The predicted octanol–water partition coefficient (Wildman–Crippen LogP) is 4.10. The van der Waals surface area contributed by atoms with Crippen molar-refractivity contribution < 1.29 is 33.6 Å². The normalized spacial score (nSPS) is 18.3. The van der Waals surface area contributed by atoms with Crippen molar-refractivity contribution in [1.29, 1.82) is 0 Å². The number of Topliss-reactive ketones (excluding diaryl/α,β-unsaturated/α-hetero) is 1. The number of benzene rings is 3. The molecule has 36 heavy (non-hydrogen) atoms. The van der Waals surface area contributed by atoms with E-state index in [1.807, 2.05) is 30.3 Å². The molecule has 5 rings (SSSR count). The van der Waals surface area contributed by atoms with Gasteiger partial charge in [-0.3, -0.25) is 9.59 Å². The van der Waals surface area contributed by atoms with E-state index in [1.165, 1.54) is 19.1 Å². The molecule has 1 atom stereocenters. The first-order valence-electron chi connectivity index (χ1n) is 11.5. The molecule has 0 saturated carbocycles. The highest BCUT2D eigenvalue weighted by Crippen LogP contribution is 2.43.